The number of benzene rings is 1. The van der Waals surface area contributed by atoms with E-state index in [0.717, 1.165) is 18.2 Å². The molecule has 0 fully saturated rings. The van der Waals surface area contributed by atoms with Crippen LogP contribution in [0.4, 0.5) is 14.7 Å². The summed E-state index contributed by atoms with van der Waals surface area (Å²) in [6.07, 6.45) is 0. The first kappa shape index (κ1) is 8.61. The molecule has 0 amide bonds. The summed E-state index contributed by atoms with van der Waals surface area (Å²) in [5.41, 5.74) is 5.52. The van der Waals surface area contributed by atoms with Gasteiger partial charge in [-0.15, -0.1) is 5.10 Å². The lowest BCUT2D eigenvalue weighted by atomic mass is 10.2. The van der Waals surface area contributed by atoms with Crippen molar-refractivity contribution in [1.82, 2.24) is 15.2 Å². The maximum absolute atomic E-state index is 12.8. The molecule has 1 aromatic heterocycles. The topological polar surface area (TPSA) is 67.6 Å². The third-order valence-electron chi connectivity index (χ3n) is 1.64. The van der Waals surface area contributed by atoms with Gasteiger partial charge in [-0.1, -0.05) is 0 Å². The fourth-order valence-corrected chi connectivity index (χ4v) is 1.09. The zero-order valence-electron chi connectivity index (χ0n) is 6.96. The molecule has 0 saturated carbocycles. The van der Waals surface area contributed by atoms with Crippen LogP contribution in [0.3, 0.4) is 0 Å². The summed E-state index contributed by atoms with van der Waals surface area (Å²) in [7, 11) is 0. The van der Waals surface area contributed by atoms with Gasteiger partial charge in [-0.05, 0) is 12.1 Å². The lowest BCUT2D eigenvalue weighted by Gasteiger charge is -1.96. The fourth-order valence-electron chi connectivity index (χ4n) is 1.09. The normalized spacial score (nSPS) is 10.4. The molecule has 0 saturated heterocycles. The van der Waals surface area contributed by atoms with Crippen LogP contribution in [0.1, 0.15) is 0 Å². The van der Waals surface area contributed by atoms with Crippen molar-refractivity contribution >= 4 is 5.95 Å². The molecular weight excluding hydrogens is 190 g/mol. The molecule has 0 aliphatic heterocycles. The number of rotatable bonds is 1. The third kappa shape index (κ3) is 1.54. The number of anilines is 1. The van der Waals surface area contributed by atoms with E-state index in [1.165, 1.54) is 0 Å². The molecule has 6 heteroatoms. The van der Waals surface area contributed by atoms with Crippen molar-refractivity contribution in [2.45, 2.75) is 0 Å². The Morgan fingerprint density at radius 2 is 1.79 bits per heavy atom. The van der Waals surface area contributed by atoms with E-state index in [0.29, 0.717) is 0 Å². The lowest BCUT2D eigenvalue weighted by molar-refractivity contribution is 0.584. The van der Waals surface area contributed by atoms with Gasteiger partial charge < -0.3 is 5.73 Å². The number of nitrogens with one attached hydrogen (secondary N) is 1. The summed E-state index contributed by atoms with van der Waals surface area (Å²) in [6.45, 7) is 0. The molecule has 2 aromatic rings. The molecule has 0 unspecified atom stereocenters. The fraction of sp³-hybridized carbons (Fsp3) is 0. The van der Waals surface area contributed by atoms with Crippen LogP contribution in [-0.2, 0) is 0 Å². The first-order valence-corrected chi connectivity index (χ1v) is 3.79. The van der Waals surface area contributed by atoms with Crippen LogP contribution in [0.2, 0.25) is 0 Å². The van der Waals surface area contributed by atoms with Gasteiger partial charge in [-0.3, -0.25) is 5.10 Å². The van der Waals surface area contributed by atoms with Gasteiger partial charge in [-0.2, -0.15) is 4.98 Å². The summed E-state index contributed by atoms with van der Waals surface area (Å²) in [4.78, 5) is 3.74. The Bertz CT molecular complexity index is 446. The standard InChI is InChI=1S/C8H6F2N4/c9-5-1-4(2-6(10)3-5)7-12-8(11)14-13-7/h1-3H,(H3,11,12,13,14). The molecule has 0 spiro atoms. The van der Waals surface area contributed by atoms with Gasteiger partial charge in [0, 0.05) is 11.6 Å². The number of hydrogen-bond donors (Lipinski definition) is 2. The molecule has 14 heavy (non-hydrogen) atoms. The minimum absolute atomic E-state index is 0.0321. The molecule has 0 aliphatic rings. The van der Waals surface area contributed by atoms with Crippen LogP contribution < -0.4 is 5.73 Å². The minimum atomic E-state index is -0.671. The van der Waals surface area contributed by atoms with Crippen LogP contribution in [0, 0.1) is 11.6 Å². The summed E-state index contributed by atoms with van der Waals surface area (Å²) >= 11 is 0. The summed E-state index contributed by atoms with van der Waals surface area (Å²) < 4.78 is 25.6. The van der Waals surface area contributed by atoms with Gasteiger partial charge in [0.2, 0.25) is 5.95 Å². The number of hydrogen-bond acceptors (Lipinski definition) is 3. The quantitative estimate of drug-likeness (QED) is 0.723. The Labute approximate surface area is 77.8 Å². The Morgan fingerprint density at radius 1 is 1.14 bits per heavy atom. The maximum atomic E-state index is 12.8. The summed E-state index contributed by atoms with van der Waals surface area (Å²) in [5, 5.41) is 6.01. The molecule has 2 rings (SSSR count). The van der Waals surface area contributed by atoms with Crippen molar-refractivity contribution in [2.24, 2.45) is 0 Å². The van der Waals surface area contributed by atoms with E-state index in [-0.39, 0.29) is 17.3 Å². The molecule has 0 radical (unpaired) electrons. The van der Waals surface area contributed by atoms with Gasteiger partial charge in [0.15, 0.2) is 5.82 Å². The Morgan fingerprint density at radius 3 is 2.29 bits per heavy atom. The summed E-state index contributed by atoms with van der Waals surface area (Å²) in [5.74, 6) is -1.07. The average molecular weight is 196 g/mol. The highest BCUT2D eigenvalue weighted by Gasteiger charge is 2.06. The van der Waals surface area contributed by atoms with Gasteiger partial charge in [0.05, 0.1) is 0 Å². The second kappa shape index (κ2) is 3.06. The smallest absolute Gasteiger partial charge is 0.239 e. The second-order valence-electron chi connectivity index (χ2n) is 2.70. The van der Waals surface area contributed by atoms with E-state index in [1.54, 1.807) is 0 Å². The molecule has 3 N–H and O–H groups in total. The second-order valence-corrected chi connectivity index (χ2v) is 2.70. The van der Waals surface area contributed by atoms with Crippen molar-refractivity contribution < 1.29 is 8.78 Å². The Kier molecular flexibility index (Phi) is 1.88. The van der Waals surface area contributed by atoms with Gasteiger partial charge in [-0.25, -0.2) is 8.78 Å². The lowest BCUT2D eigenvalue weighted by Crippen LogP contribution is -1.87. The molecule has 0 aliphatic carbocycles. The van der Waals surface area contributed by atoms with Crippen molar-refractivity contribution in [3.05, 3.63) is 29.8 Å². The number of nitrogens with two attached hydrogens (primary N) is 1. The van der Waals surface area contributed by atoms with Crippen molar-refractivity contribution in [3.63, 3.8) is 0 Å². The Hall–Kier alpha value is -1.98. The van der Waals surface area contributed by atoms with Gasteiger partial charge >= 0.3 is 0 Å². The number of halogens is 2. The highest BCUT2D eigenvalue weighted by molar-refractivity contribution is 5.55. The van der Waals surface area contributed by atoms with Gasteiger partial charge in [0.1, 0.15) is 11.6 Å². The SMILES string of the molecule is Nc1n[nH]c(-c2cc(F)cc(F)c2)n1. The number of nitrogens with zero attached hydrogens (tertiary/aromatic N) is 2. The minimum Gasteiger partial charge on any atom is -0.366 e. The zero-order valence-corrected chi connectivity index (χ0v) is 6.96. The number of H-pyrrole nitrogens is 1. The average Bonchev–Trinajstić information content (AvgIpc) is 2.50. The van der Waals surface area contributed by atoms with Crippen LogP contribution in [-0.4, -0.2) is 15.2 Å². The van der Waals surface area contributed by atoms with Crippen LogP contribution in [0.5, 0.6) is 0 Å². The molecular formula is C8H6F2N4. The van der Waals surface area contributed by atoms with E-state index in [4.69, 9.17) is 5.73 Å². The largest absolute Gasteiger partial charge is 0.366 e. The van der Waals surface area contributed by atoms with E-state index in [1.807, 2.05) is 0 Å². The highest BCUT2D eigenvalue weighted by Crippen LogP contribution is 2.17. The predicted octanol–water partition coefficient (Wildman–Crippen LogP) is 1.33. The molecule has 0 atom stereocenters. The third-order valence-corrected chi connectivity index (χ3v) is 1.64. The molecule has 1 heterocycles. The van der Waals surface area contributed by atoms with Crippen molar-refractivity contribution in [3.8, 4) is 11.4 Å². The van der Waals surface area contributed by atoms with Crippen LogP contribution >= 0.6 is 0 Å². The molecule has 72 valence electrons. The van der Waals surface area contributed by atoms with E-state index < -0.39 is 11.6 Å². The molecule has 0 bridgehead atoms. The Balaban J connectivity index is 2.51. The van der Waals surface area contributed by atoms with Gasteiger partial charge in [0.25, 0.3) is 0 Å². The maximum Gasteiger partial charge on any atom is 0.239 e. The van der Waals surface area contributed by atoms with Crippen LogP contribution in [0.15, 0.2) is 18.2 Å². The van der Waals surface area contributed by atoms with E-state index in [2.05, 4.69) is 15.2 Å². The molecule has 1 aromatic carbocycles. The van der Waals surface area contributed by atoms with Crippen LogP contribution in [0.25, 0.3) is 11.4 Å². The van der Waals surface area contributed by atoms with Crippen molar-refractivity contribution in [2.75, 3.05) is 5.73 Å². The monoisotopic (exact) mass is 196 g/mol. The highest BCUT2D eigenvalue weighted by atomic mass is 19.1. The number of aromatic nitrogens is 3. The first-order valence-electron chi connectivity index (χ1n) is 3.79. The van der Waals surface area contributed by atoms with E-state index in [9.17, 15) is 8.78 Å². The predicted molar refractivity (Wildman–Crippen MR) is 46.1 cm³/mol. The zero-order chi connectivity index (χ0) is 10.1. The molecule has 4 nitrogen and oxygen atoms in total. The number of nitrogen functional groups attached to an aromatic ring is 1. The summed E-state index contributed by atoms with van der Waals surface area (Å²) in [6, 6.07) is 3.06. The van der Waals surface area contributed by atoms with E-state index >= 15 is 0 Å². The number of aromatic amines is 1. The van der Waals surface area contributed by atoms with Crippen molar-refractivity contribution in [1.29, 1.82) is 0 Å². The first-order chi connectivity index (χ1) is 6.65.